The van der Waals surface area contributed by atoms with E-state index in [0.717, 1.165) is 12.1 Å². The van der Waals surface area contributed by atoms with Crippen LogP contribution >= 0.6 is 0 Å². The molecule has 3 rings (SSSR count). The van der Waals surface area contributed by atoms with Gasteiger partial charge in [-0.05, 0) is 45.3 Å². The van der Waals surface area contributed by atoms with Crippen molar-refractivity contribution in [2.24, 2.45) is 0 Å². The Morgan fingerprint density at radius 1 is 0.968 bits per heavy atom. The van der Waals surface area contributed by atoms with Crippen molar-refractivity contribution in [3.05, 3.63) is 77.7 Å². The average molecular weight is 418 g/mol. The van der Waals surface area contributed by atoms with Gasteiger partial charge in [0.25, 0.3) is 11.8 Å². The Bertz CT molecular complexity index is 1070. The highest BCUT2D eigenvalue weighted by Gasteiger charge is 2.16. The van der Waals surface area contributed by atoms with Gasteiger partial charge in [-0.3, -0.25) is 14.6 Å². The second kappa shape index (κ2) is 9.95. The summed E-state index contributed by atoms with van der Waals surface area (Å²) in [5.74, 6) is -0.389. The summed E-state index contributed by atoms with van der Waals surface area (Å²) in [6.07, 6.45) is 1.62. The predicted molar refractivity (Wildman–Crippen MR) is 122 cm³/mol. The molecule has 0 aliphatic carbocycles. The number of rotatable bonds is 7. The van der Waals surface area contributed by atoms with Crippen molar-refractivity contribution in [2.45, 2.75) is 6.92 Å². The van der Waals surface area contributed by atoms with Crippen LogP contribution in [0.25, 0.3) is 11.3 Å². The number of likely N-dealkylation sites (N-methyl/N-ethyl adjacent to an activating group) is 2. The minimum absolute atomic E-state index is 0.0641. The molecular formula is C24H27N5O2. The van der Waals surface area contributed by atoms with E-state index in [2.05, 4.69) is 15.3 Å². The topological polar surface area (TPSA) is 78.4 Å². The molecule has 0 aliphatic heterocycles. The largest absolute Gasteiger partial charge is 0.340 e. The van der Waals surface area contributed by atoms with E-state index in [-0.39, 0.29) is 17.5 Å². The number of nitrogens with zero attached hydrogens (tertiary/aromatic N) is 4. The number of para-hydroxylation sites is 1. The van der Waals surface area contributed by atoms with Crippen LogP contribution in [-0.4, -0.2) is 65.8 Å². The highest BCUT2D eigenvalue weighted by atomic mass is 16.2. The van der Waals surface area contributed by atoms with Gasteiger partial charge in [0, 0.05) is 37.0 Å². The van der Waals surface area contributed by atoms with Gasteiger partial charge in [0.05, 0.1) is 17.6 Å². The molecule has 1 N–H and O–H groups in total. The number of hydrogen-bond acceptors (Lipinski definition) is 5. The molecule has 3 aromatic rings. The molecule has 0 spiro atoms. The van der Waals surface area contributed by atoms with Crippen LogP contribution in [0.2, 0.25) is 0 Å². The maximum atomic E-state index is 12.8. The summed E-state index contributed by atoms with van der Waals surface area (Å²) in [5, 5.41) is 2.84. The van der Waals surface area contributed by atoms with Gasteiger partial charge < -0.3 is 15.1 Å². The quantitative estimate of drug-likeness (QED) is 0.638. The van der Waals surface area contributed by atoms with Gasteiger partial charge in [-0.2, -0.15) is 0 Å². The molecule has 0 saturated carbocycles. The molecule has 0 bridgehead atoms. The fraction of sp³-hybridized carbons (Fsp3) is 0.250. The smallest absolute Gasteiger partial charge is 0.276 e. The Morgan fingerprint density at radius 3 is 2.42 bits per heavy atom. The van der Waals surface area contributed by atoms with E-state index in [0.29, 0.717) is 29.2 Å². The lowest BCUT2D eigenvalue weighted by atomic mass is 10.1. The van der Waals surface area contributed by atoms with Crippen molar-refractivity contribution < 1.29 is 9.59 Å². The number of carbonyl (C=O) groups excluding carboxylic acids is 2. The molecule has 2 amide bonds. The van der Waals surface area contributed by atoms with E-state index in [9.17, 15) is 9.59 Å². The zero-order chi connectivity index (χ0) is 22.4. The number of aromatic nitrogens is 2. The first-order valence-electron chi connectivity index (χ1n) is 10.1. The Labute approximate surface area is 182 Å². The second-order valence-electron chi connectivity index (χ2n) is 7.62. The van der Waals surface area contributed by atoms with Crippen LogP contribution in [-0.2, 0) is 0 Å². The second-order valence-corrected chi connectivity index (χ2v) is 7.62. The van der Waals surface area contributed by atoms with Crippen molar-refractivity contribution in [1.82, 2.24) is 19.8 Å². The number of nitrogens with one attached hydrogen (secondary N) is 1. The molecule has 0 atom stereocenters. The van der Waals surface area contributed by atoms with Crippen molar-refractivity contribution in [2.75, 3.05) is 39.5 Å². The summed E-state index contributed by atoms with van der Waals surface area (Å²) in [5.41, 5.74) is 3.31. The highest BCUT2D eigenvalue weighted by Crippen LogP contribution is 2.20. The van der Waals surface area contributed by atoms with Gasteiger partial charge in [-0.25, -0.2) is 4.98 Å². The summed E-state index contributed by atoms with van der Waals surface area (Å²) in [4.78, 5) is 38.1. The van der Waals surface area contributed by atoms with Crippen LogP contribution in [0.15, 0.2) is 60.8 Å². The fourth-order valence-corrected chi connectivity index (χ4v) is 3.00. The van der Waals surface area contributed by atoms with Crippen LogP contribution < -0.4 is 5.32 Å². The third-order valence-electron chi connectivity index (χ3n) is 4.84. The minimum atomic E-state index is -0.325. The highest BCUT2D eigenvalue weighted by molar-refractivity contribution is 6.03. The summed E-state index contributed by atoms with van der Waals surface area (Å²) in [7, 11) is 5.73. The summed E-state index contributed by atoms with van der Waals surface area (Å²) < 4.78 is 0. The number of anilines is 1. The molecule has 0 fully saturated rings. The molecule has 7 nitrogen and oxygen atoms in total. The van der Waals surface area contributed by atoms with Crippen molar-refractivity contribution in [1.29, 1.82) is 0 Å². The van der Waals surface area contributed by atoms with Gasteiger partial charge in [0.2, 0.25) is 0 Å². The zero-order valence-electron chi connectivity index (χ0n) is 18.3. The van der Waals surface area contributed by atoms with E-state index in [4.69, 9.17) is 0 Å². The summed E-state index contributed by atoms with van der Waals surface area (Å²) in [6.45, 7) is 3.16. The molecule has 1 heterocycles. The zero-order valence-corrected chi connectivity index (χ0v) is 18.3. The third-order valence-corrected chi connectivity index (χ3v) is 4.84. The van der Waals surface area contributed by atoms with Gasteiger partial charge in [-0.1, -0.05) is 30.3 Å². The molecule has 1 aromatic heterocycles. The number of aryl methyl sites for hydroxylation is 1. The Hall–Kier alpha value is -3.58. The molecule has 0 radical (unpaired) electrons. The Kier molecular flexibility index (Phi) is 7.10. The molecule has 160 valence electrons. The molecule has 7 heteroatoms. The predicted octanol–water partition coefficient (Wildman–Crippen LogP) is 3.34. The molecule has 0 saturated heterocycles. The van der Waals surface area contributed by atoms with E-state index in [1.54, 1.807) is 37.2 Å². The molecule has 2 aromatic carbocycles. The lowest BCUT2D eigenvalue weighted by Gasteiger charge is -2.20. The number of hydrogen-bond donors (Lipinski definition) is 1. The molecule has 31 heavy (non-hydrogen) atoms. The first-order chi connectivity index (χ1) is 14.8. The molecular weight excluding hydrogens is 390 g/mol. The maximum absolute atomic E-state index is 12.8. The third kappa shape index (κ3) is 5.73. The fourth-order valence-electron chi connectivity index (χ4n) is 3.00. The van der Waals surface area contributed by atoms with Crippen LogP contribution in [0.4, 0.5) is 5.69 Å². The first-order valence-corrected chi connectivity index (χ1v) is 10.1. The first kappa shape index (κ1) is 22.1. The van der Waals surface area contributed by atoms with E-state index < -0.39 is 0 Å². The average Bonchev–Trinajstić information content (AvgIpc) is 2.78. The van der Waals surface area contributed by atoms with E-state index >= 15 is 0 Å². The number of amides is 2. The molecule has 0 aliphatic rings. The SMILES string of the molecule is Cc1ncc(-c2cccc(C(=O)N(C)CCN(C)C)c2)nc1C(=O)Nc1ccccc1. The Balaban J connectivity index is 1.83. The molecule has 0 unspecified atom stereocenters. The van der Waals surface area contributed by atoms with Gasteiger partial charge in [0.15, 0.2) is 0 Å². The number of carbonyl (C=O) groups is 2. The lowest BCUT2D eigenvalue weighted by Crippen LogP contribution is -2.33. The van der Waals surface area contributed by atoms with E-state index in [1.165, 1.54) is 0 Å². The van der Waals surface area contributed by atoms with Gasteiger partial charge >= 0.3 is 0 Å². The summed E-state index contributed by atoms with van der Waals surface area (Å²) in [6, 6.07) is 16.4. The van der Waals surface area contributed by atoms with Gasteiger partial charge in [-0.15, -0.1) is 0 Å². The van der Waals surface area contributed by atoms with Gasteiger partial charge in [0.1, 0.15) is 5.69 Å². The van der Waals surface area contributed by atoms with E-state index in [1.807, 2.05) is 61.5 Å². The van der Waals surface area contributed by atoms with Crippen molar-refractivity contribution in [3.63, 3.8) is 0 Å². The van der Waals surface area contributed by atoms with Crippen molar-refractivity contribution in [3.8, 4) is 11.3 Å². The normalized spacial score (nSPS) is 10.7. The van der Waals surface area contributed by atoms with Crippen molar-refractivity contribution >= 4 is 17.5 Å². The monoisotopic (exact) mass is 417 g/mol. The maximum Gasteiger partial charge on any atom is 0.276 e. The minimum Gasteiger partial charge on any atom is -0.340 e. The lowest BCUT2D eigenvalue weighted by molar-refractivity contribution is 0.0786. The van der Waals surface area contributed by atoms with Crippen LogP contribution in [0.1, 0.15) is 26.5 Å². The summed E-state index contributed by atoms with van der Waals surface area (Å²) >= 11 is 0. The Morgan fingerprint density at radius 2 is 1.71 bits per heavy atom. The van der Waals surface area contributed by atoms with Crippen LogP contribution in [0.5, 0.6) is 0 Å². The van der Waals surface area contributed by atoms with Crippen LogP contribution in [0.3, 0.4) is 0 Å². The standard InChI is InChI=1S/C24H27N5O2/c1-17-22(23(30)26-20-11-6-5-7-12-20)27-21(16-25-17)18-9-8-10-19(15-18)24(31)29(4)14-13-28(2)3/h5-12,15-16H,13-14H2,1-4H3,(H,26,30). The number of benzene rings is 2. The van der Waals surface area contributed by atoms with Crippen LogP contribution in [0, 0.1) is 6.92 Å².